The molecule has 0 saturated carbocycles. The number of hydrogen-bond donors (Lipinski definition) is 1. The van der Waals surface area contributed by atoms with Gasteiger partial charge in [0.1, 0.15) is 5.82 Å². The van der Waals surface area contributed by atoms with E-state index in [1.807, 2.05) is 31.2 Å². The van der Waals surface area contributed by atoms with Crippen molar-refractivity contribution in [2.75, 3.05) is 5.75 Å². The molecule has 21 heavy (non-hydrogen) atoms. The molecule has 114 valence electrons. The number of alkyl halides is 3. The van der Waals surface area contributed by atoms with E-state index in [-0.39, 0.29) is 0 Å². The Labute approximate surface area is 124 Å². The van der Waals surface area contributed by atoms with Gasteiger partial charge >= 0.3 is 6.18 Å². The molecule has 0 aliphatic heterocycles. The maximum Gasteiger partial charge on any atom is 0.415 e. The Hall–Kier alpha value is -1.54. The van der Waals surface area contributed by atoms with E-state index in [4.69, 9.17) is 5.11 Å². The van der Waals surface area contributed by atoms with E-state index in [1.165, 1.54) is 0 Å². The van der Waals surface area contributed by atoms with Crippen LogP contribution in [0.3, 0.4) is 0 Å². The van der Waals surface area contributed by atoms with Crippen LogP contribution in [0, 0.1) is 13.8 Å². The van der Waals surface area contributed by atoms with Gasteiger partial charge in [-0.25, -0.2) is 0 Å². The van der Waals surface area contributed by atoms with Gasteiger partial charge in [-0.2, -0.15) is 13.2 Å². The van der Waals surface area contributed by atoms with Gasteiger partial charge < -0.3 is 5.11 Å². The smallest absolute Gasteiger partial charge is 0.383 e. The first-order chi connectivity index (χ1) is 9.80. The van der Waals surface area contributed by atoms with Gasteiger partial charge in [0.15, 0.2) is 11.3 Å². The fourth-order valence-electron chi connectivity index (χ4n) is 1.78. The highest BCUT2D eigenvalue weighted by molar-refractivity contribution is 7.99. The molecule has 0 bridgehead atoms. The lowest BCUT2D eigenvalue weighted by atomic mass is 10.2. The van der Waals surface area contributed by atoms with E-state index < -0.39 is 18.0 Å². The molecule has 0 fully saturated rings. The molecule has 1 N–H and O–H groups in total. The lowest BCUT2D eigenvalue weighted by Gasteiger charge is -2.15. The van der Waals surface area contributed by atoms with Gasteiger partial charge in [0.05, 0.1) is 5.69 Å². The minimum atomic E-state index is -4.63. The number of hydrogen-bond acceptors (Lipinski definition) is 4. The number of aliphatic hydroxyl groups is 1. The number of aryl methyl sites for hydroxylation is 2. The number of thioether (sulfide) groups is 1. The van der Waals surface area contributed by atoms with E-state index in [0.29, 0.717) is 11.0 Å². The van der Waals surface area contributed by atoms with Crippen molar-refractivity contribution in [1.82, 2.24) is 14.8 Å². The molecule has 0 saturated heterocycles. The number of rotatable bonds is 4. The second-order valence-corrected chi connectivity index (χ2v) is 5.51. The summed E-state index contributed by atoms with van der Waals surface area (Å²) in [6, 6.07) is 7.45. The highest BCUT2D eigenvalue weighted by Crippen LogP contribution is 2.28. The molecule has 0 amide bonds. The Bertz CT molecular complexity index is 627. The van der Waals surface area contributed by atoms with Gasteiger partial charge in [0.25, 0.3) is 0 Å². The molecule has 8 heteroatoms. The summed E-state index contributed by atoms with van der Waals surface area (Å²) in [4.78, 5) is 0. The van der Waals surface area contributed by atoms with Crippen molar-refractivity contribution in [1.29, 1.82) is 0 Å². The zero-order valence-corrected chi connectivity index (χ0v) is 12.2. The zero-order valence-electron chi connectivity index (χ0n) is 11.4. The monoisotopic (exact) mass is 317 g/mol. The Kier molecular flexibility index (Phi) is 4.58. The van der Waals surface area contributed by atoms with Crippen molar-refractivity contribution in [3.63, 3.8) is 0 Å². The summed E-state index contributed by atoms with van der Waals surface area (Å²) in [6.45, 7) is 3.62. The van der Waals surface area contributed by atoms with Crippen molar-refractivity contribution < 1.29 is 18.3 Å². The Balaban J connectivity index is 2.26. The zero-order chi connectivity index (χ0) is 15.6. The number of aromatic nitrogens is 3. The number of para-hydroxylation sites is 1. The Morgan fingerprint density at radius 3 is 2.52 bits per heavy atom. The summed E-state index contributed by atoms with van der Waals surface area (Å²) in [5.74, 6) is 0.0568. The van der Waals surface area contributed by atoms with Crippen LogP contribution in [-0.4, -0.2) is 37.9 Å². The molecule has 0 aliphatic rings. The topological polar surface area (TPSA) is 50.9 Å². The Morgan fingerprint density at radius 1 is 1.24 bits per heavy atom. The molecule has 1 heterocycles. The predicted molar refractivity (Wildman–Crippen MR) is 73.6 cm³/mol. The van der Waals surface area contributed by atoms with Crippen LogP contribution in [0.2, 0.25) is 0 Å². The molecule has 2 rings (SSSR count). The molecular formula is C13H14F3N3OS. The fraction of sp³-hybridized carbons (Fsp3) is 0.385. The van der Waals surface area contributed by atoms with Crippen molar-refractivity contribution in [3.8, 4) is 5.69 Å². The summed E-state index contributed by atoms with van der Waals surface area (Å²) in [6.07, 6.45) is -7.01. The normalized spacial score (nSPS) is 13.4. The van der Waals surface area contributed by atoms with E-state index >= 15 is 0 Å². The number of nitrogens with zero attached hydrogens (tertiary/aromatic N) is 3. The lowest BCUT2D eigenvalue weighted by Crippen LogP contribution is -2.30. The van der Waals surface area contributed by atoms with Gasteiger partial charge in [0.2, 0.25) is 0 Å². The fourth-order valence-corrected chi connectivity index (χ4v) is 2.73. The van der Waals surface area contributed by atoms with Gasteiger partial charge in [-0.05, 0) is 25.5 Å². The van der Waals surface area contributed by atoms with Gasteiger partial charge in [-0.3, -0.25) is 4.57 Å². The van der Waals surface area contributed by atoms with Crippen LogP contribution in [0.4, 0.5) is 13.2 Å². The molecule has 0 spiro atoms. The summed E-state index contributed by atoms with van der Waals surface area (Å²) in [5, 5.41) is 17.2. The number of aliphatic hydroxyl groups excluding tert-OH is 1. The number of benzene rings is 1. The highest BCUT2D eigenvalue weighted by atomic mass is 32.2. The quantitative estimate of drug-likeness (QED) is 0.881. The second kappa shape index (κ2) is 6.07. The minimum absolute atomic E-state index is 0.324. The first kappa shape index (κ1) is 15.8. The SMILES string of the molecule is Cc1ccccc1-n1c(C)nnc1SC[C@@H](O)C(F)(F)F. The van der Waals surface area contributed by atoms with E-state index in [9.17, 15) is 13.2 Å². The molecule has 0 unspecified atom stereocenters. The van der Waals surface area contributed by atoms with Crippen molar-refractivity contribution >= 4 is 11.8 Å². The van der Waals surface area contributed by atoms with Gasteiger partial charge in [0, 0.05) is 5.75 Å². The van der Waals surface area contributed by atoms with Crippen LogP contribution in [-0.2, 0) is 0 Å². The maximum absolute atomic E-state index is 12.3. The van der Waals surface area contributed by atoms with E-state index in [2.05, 4.69) is 10.2 Å². The second-order valence-electron chi connectivity index (χ2n) is 4.52. The maximum atomic E-state index is 12.3. The summed E-state index contributed by atoms with van der Waals surface area (Å²) < 4.78 is 38.7. The third-order valence-corrected chi connectivity index (χ3v) is 3.90. The highest BCUT2D eigenvalue weighted by Gasteiger charge is 2.38. The molecule has 0 radical (unpaired) electrons. The summed E-state index contributed by atoms with van der Waals surface area (Å²) >= 11 is 0.826. The predicted octanol–water partition coefficient (Wildman–Crippen LogP) is 2.90. The van der Waals surface area contributed by atoms with Crippen molar-refractivity contribution in [2.45, 2.75) is 31.3 Å². The molecule has 4 nitrogen and oxygen atoms in total. The average Bonchev–Trinajstić information content (AvgIpc) is 2.77. The van der Waals surface area contributed by atoms with Gasteiger partial charge in [-0.1, -0.05) is 30.0 Å². The summed E-state index contributed by atoms with van der Waals surface area (Å²) in [5.41, 5.74) is 1.77. The molecule has 1 aromatic carbocycles. The van der Waals surface area contributed by atoms with Crippen LogP contribution in [0.25, 0.3) is 5.69 Å². The third-order valence-electron chi connectivity index (χ3n) is 2.90. The molecule has 1 atom stereocenters. The Morgan fingerprint density at radius 2 is 1.90 bits per heavy atom. The van der Waals surface area contributed by atoms with E-state index in [1.54, 1.807) is 11.5 Å². The average molecular weight is 317 g/mol. The first-order valence-corrected chi connectivity index (χ1v) is 7.15. The molecule has 0 aliphatic carbocycles. The first-order valence-electron chi connectivity index (χ1n) is 6.16. The number of halogens is 3. The largest absolute Gasteiger partial charge is 0.415 e. The molecule has 1 aromatic heterocycles. The van der Waals surface area contributed by atoms with Crippen LogP contribution >= 0.6 is 11.8 Å². The minimum Gasteiger partial charge on any atom is -0.383 e. The van der Waals surface area contributed by atoms with Crippen LogP contribution in [0.15, 0.2) is 29.4 Å². The summed E-state index contributed by atoms with van der Waals surface area (Å²) in [7, 11) is 0. The third kappa shape index (κ3) is 3.56. The molecular weight excluding hydrogens is 303 g/mol. The molecule has 2 aromatic rings. The van der Waals surface area contributed by atoms with Crippen LogP contribution < -0.4 is 0 Å². The lowest BCUT2D eigenvalue weighted by molar-refractivity contribution is -0.195. The van der Waals surface area contributed by atoms with Crippen LogP contribution in [0.5, 0.6) is 0 Å². The standard InChI is InChI=1S/C13H14F3N3OS/c1-8-5-3-4-6-10(8)19-9(2)17-18-12(19)21-7-11(20)13(14,15)16/h3-6,11,20H,7H2,1-2H3/t11-/m1/s1. The van der Waals surface area contributed by atoms with Crippen molar-refractivity contribution in [2.24, 2.45) is 0 Å². The van der Waals surface area contributed by atoms with E-state index in [0.717, 1.165) is 23.0 Å². The van der Waals surface area contributed by atoms with Gasteiger partial charge in [-0.15, -0.1) is 10.2 Å². The van der Waals surface area contributed by atoms with Crippen molar-refractivity contribution in [3.05, 3.63) is 35.7 Å². The van der Waals surface area contributed by atoms with Crippen LogP contribution in [0.1, 0.15) is 11.4 Å².